The first kappa shape index (κ1) is 26.9. The van der Waals surface area contributed by atoms with Gasteiger partial charge in [0.2, 0.25) is 10.0 Å². The van der Waals surface area contributed by atoms with E-state index in [0.717, 1.165) is 5.56 Å². The van der Waals surface area contributed by atoms with E-state index >= 15 is 0 Å². The summed E-state index contributed by atoms with van der Waals surface area (Å²) in [6.45, 7) is 4.55. The van der Waals surface area contributed by atoms with Gasteiger partial charge in [-0.05, 0) is 42.2 Å². The SMILES string of the molecule is CC(C)CN(C[C@H](O)C(Cc1ccccc1)NC(=O)O[C@H]1CCOC1)S(=O)(=O)c1ccc(O)cc1. The van der Waals surface area contributed by atoms with Gasteiger partial charge >= 0.3 is 6.09 Å². The zero-order valence-corrected chi connectivity index (χ0v) is 20.9. The molecule has 0 aliphatic carbocycles. The van der Waals surface area contributed by atoms with Crippen molar-refractivity contribution in [1.29, 1.82) is 0 Å². The number of carbonyl (C=O) groups excluding carboxylic acids is 1. The van der Waals surface area contributed by atoms with Crippen LogP contribution in [-0.2, 0) is 25.9 Å². The van der Waals surface area contributed by atoms with Crippen LogP contribution in [0.4, 0.5) is 4.79 Å². The number of carbonyl (C=O) groups is 1. The Morgan fingerprint density at radius 2 is 1.83 bits per heavy atom. The number of rotatable bonds is 11. The summed E-state index contributed by atoms with van der Waals surface area (Å²) < 4.78 is 38.6. The van der Waals surface area contributed by atoms with Gasteiger partial charge in [0.05, 0.1) is 30.3 Å². The lowest BCUT2D eigenvalue weighted by molar-refractivity contribution is 0.0644. The molecule has 3 atom stereocenters. The van der Waals surface area contributed by atoms with E-state index in [-0.39, 0.29) is 42.2 Å². The maximum absolute atomic E-state index is 13.4. The number of phenolic OH excluding ortho intramolecular Hbond substituents is 1. The summed E-state index contributed by atoms with van der Waals surface area (Å²) in [5, 5.41) is 23.4. The Bertz CT molecular complexity index is 1040. The van der Waals surface area contributed by atoms with E-state index in [1.165, 1.54) is 28.6 Å². The molecule has 3 N–H and O–H groups in total. The van der Waals surface area contributed by atoms with E-state index in [1.807, 2.05) is 44.2 Å². The number of ether oxygens (including phenoxy) is 2. The molecule has 35 heavy (non-hydrogen) atoms. The van der Waals surface area contributed by atoms with Gasteiger partial charge in [0.25, 0.3) is 0 Å². The highest BCUT2D eigenvalue weighted by atomic mass is 32.2. The Labute approximate surface area is 206 Å². The molecule has 2 aromatic carbocycles. The second kappa shape index (κ2) is 12.3. The monoisotopic (exact) mass is 506 g/mol. The Hall–Kier alpha value is -2.66. The Morgan fingerprint density at radius 1 is 1.14 bits per heavy atom. The molecule has 1 amide bonds. The normalized spacial score (nSPS) is 17.9. The molecule has 0 bridgehead atoms. The first-order chi connectivity index (χ1) is 16.6. The van der Waals surface area contributed by atoms with E-state index < -0.39 is 28.3 Å². The average Bonchev–Trinajstić information content (AvgIpc) is 3.31. The van der Waals surface area contributed by atoms with Gasteiger partial charge in [0.15, 0.2) is 0 Å². The molecule has 10 heteroatoms. The predicted octanol–water partition coefficient (Wildman–Crippen LogP) is 2.53. The van der Waals surface area contributed by atoms with Crippen LogP contribution in [0.3, 0.4) is 0 Å². The van der Waals surface area contributed by atoms with Crippen LogP contribution in [0.2, 0.25) is 0 Å². The maximum atomic E-state index is 13.4. The second-order valence-corrected chi connectivity index (χ2v) is 11.0. The van der Waals surface area contributed by atoms with Crippen LogP contribution in [0, 0.1) is 5.92 Å². The van der Waals surface area contributed by atoms with Gasteiger partial charge in [-0.3, -0.25) is 0 Å². The molecule has 9 nitrogen and oxygen atoms in total. The molecule has 0 saturated carbocycles. The number of hydrogen-bond acceptors (Lipinski definition) is 7. The summed E-state index contributed by atoms with van der Waals surface area (Å²) in [6, 6.07) is 13.8. The number of amides is 1. The fourth-order valence-corrected chi connectivity index (χ4v) is 5.50. The van der Waals surface area contributed by atoms with Crippen molar-refractivity contribution < 1.29 is 32.9 Å². The highest BCUT2D eigenvalue weighted by Crippen LogP contribution is 2.21. The summed E-state index contributed by atoms with van der Waals surface area (Å²) in [4.78, 5) is 12.6. The zero-order chi connectivity index (χ0) is 25.4. The molecule has 0 radical (unpaired) electrons. The number of phenols is 1. The number of aliphatic hydroxyl groups is 1. The van der Waals surface area contributed by atoms with Crippen LogP contribution in [0.5, 0.6) is 5.75 Å². The first-order valence-corrected chi connectivity index (χ1v) is 13.1. The molecule has 2 aromatic rings. The molecule has 1 aliphatic rings. The molecule has 3 rings (SSSR count). The highest BCUT2D eigenvalue weighted by Gasteiger charge is 2.32. The Morgan fingerprint density at radius 3 is 2.43 bits per heavy atom. The molecule has 0 spiro atoms. The van der Waals surface area contributed by atoms with Crippen molar-refractivity contribution in [2.24, 2.45) is 5.92 Å². The van der Waals surface area contributed by atoms with Gasteiger partial charge in [-0.15, -0.1) is 0 Å². The molecule has 0 aromatic heterocycles. The molecular formula is C25H34N2O7S. The van der Waals surface area contributed by atoms with Gasteiger partial charge in [-0.25, -0.2) is 13.2 Å². The minimum atomic E-state index is -3.96. The molecule has 1 unspecified atom stereocenters. The third-order valence-corrected chi connectivity index (χ3v) is 7.51. The van der Waals surface area contributed by atoms with Gasteiger partial charge in [-0.2, -0.15) is 4.31 Å². The summed E-state index contributed by atoms with van der Waals surface area (Å²) in [5.41, 5.74) is 0.873. The van der Waals surface area contributed by atoms with Crippen molar-refractivity contribution in [1.82, 2.24) is 9.62 Å². The minimum Gasteiger partial charge on any atom is -0.508 e. The third kappa shape index (κ3) is 7.93. The molecule has 1 heterocycles. The highest BCUT2D eigenvalue weighted by molar-refractivity contribution is 7.89. The fourth-order valence-electron chi connectivity index (χ4n) is 3.88. The maximum Gasteiger partial charge on any atom is 0.407 e. The van der Waals surface area contributed by atoms with E-state index in [4.69, 9.17) is 9.47 Å². The predicted molar refractivity (Wildman–Crippen MR) is 130 cm³/mol. The van der Waals surface area contributed by atoms with Crippen LogP contribution in [0.15, 0.2) is 59.5 Å². The smallest absolute Gasteiger partial charge is 0.407 e. The van der Waals surface area contributed by atoms with E-state index in [0.29, 0.717) is 19.6 Å². The standard InChI is InChI=1S/C25H34N2O7S/c1-18(2)15-27(35(31,32)22-10-8-20(28)9-11-22)16-24(29)23(14-19-6-4-3-5-7-19)26-25(30)34-21-12-13-33-17-21/h3-11,18,21,23-24,28-29H,12-17H2,1-2H3,(H,26,30)/t21-,23?,24-/m0/s1. The number of nitrogens with zero attached hydrogens (tertiary/aromatic N) is 1. The Kier molecular flexibility index (Phi) is 9.50. The van der Waals surface area contributed by atoms with Crippen LogP contribution in [0.25, 0.3) is 0 Å². The van der Waals surface area contributed by atoms with Crippen molar-refractivity contribution in [2.75, 3.05) is 26.3 Å². The lowest BCUT2D eigenvalue weighted by Gasteiger charge is -2.30. The van der Waals surface area contributed by atoms with Crippen LogP contribution < -0.4 is 5.32 Å². The number of sulfonamides is 1. The number of aromatic hydroxyl groups is 1. The van der Waals surface area contributed by atoms with Gasteiger partial charge in [-0.1, -0.05) is 44.2 Å². The molecular weight excluding hydrogens is 472 g/mol. The quantitative estimate of drug-likeness (QED) is 0.428. The fraction of sp³-hybridized carbons (Fsp3) is 0.480. The second-order valence-electron chi connectivity index (χ2n) is 9.11. The van der Waals surface area contributed by atoms with Crippen LogP contribution >= 0.6 is 0 Å². The number of alkyl carbamates (subject to hydrolysis) is 1. The molecule has 1 fully saturated rings. The van der Waals surface area contributed by atoms with Crippen molar-refractivity contribution >= 4 is 16.1 Å². The van der Waals surface area contributed by atoms with E-state index in [2.05, 4.69) is 5.32 Å². The van der Waals surface area contributed by atoms with Gasteiger partial charge in [0, 0.05) is 19.5 Å². The topological polar surface area (TPSA) is 125 Å². The molecule has 1 aliphatic heterocycles. The molecule has 192 valence electrons. The number of aliphatic hydroxyl groups excluding tert-OH is 1. The lowest BCUT2D eigenvalue weighted by Crippen LogP contribution is -2.51. The summed E-state index contributed by atoms with van der Waals surface area (Å²) >= 11 is 0. The van der Waals surface area contributed by atoms with Crippen molar-refractivity contribution in [3.63, 3.8) is 0 Å². The number of nitrogens with one attached hydrogen (secondary N) is 1. The summed E-state index contributed by atoms with van der Waals surface area (Å²) in [5.74, 6) is -0.0559. The van der Waals surface area contributed by atoms with Crippen LogP contribution in [0.1, 0.15) is 25.8 Å². The first-order valence-electron chi connectivity index (χ1n) is 11.7. The van der Waals surface area contributed by atoms with Crippen molar-refractivity contribution in [3.8, 4) is 5.75 Å². The van der Waals surface area contributed by atoms with E-state index in [9.17, 15) is 23.4 Å². The number of hydrogen-bond donors (Lipinski definition) is 3. The largest absolute Gasteiger partial charge is 0.508 e. The zero-order valence-electron chi connectivity index (χ0n) is 20.0. The Balaban J connectivity index is 1.80. The summed E-state index contributed by atoms with van der Waals surface area (Å²) in [7, 11) is -3.96. The van der Waals surface area contributed by atoms with Gasteiger partial charge < -0.3 is 25.0 Å². The van der Waals surface area contributed by atoms with Crippen molar-refractivity contribution in [2.45, 2.75) is 49.8 Å². The van der Waals surface area contributed by atoms with Crippen LogP contribution in [-0.4, -0.2) is 73.6 Å². The average molecular weight is 507 g/mol. The van der Waals surface area contributed by atoms with E-state index in [1.54, 1.807) is 0 Å². The lowest BCUT2D eigenvalue weighted by atomic mass is 10.0. The molecule has 1 saturated heterocycles. The van der Waals surface area contributed by atoms with Gasteiger partial charge in [0.1, 0.15) is 11.9 Å². The van der Waals surface area contributed by atoms with Crippen molar-refractivity contribution in [3.05, 3.63) is 60.2 Å². The third-order valence-electron chi connectivity index (χ3n) is 5.66. The summed E-state index contributed by atoms with van der Waals surface area (Å²) in [6.07, 6.45) is -1.36. The number of benzene rings is 2. The minimum absolute atomic E-state index is 0.0105.